The van der Waals surface area contributed by atoms with Crippen LogP contribution in [0.25, 0.3) is 0 Å². The third-order valence-corrected chi connectivity index (χ3v) is 3.38. The fraction of sp³-hybridized carbons (Fsp3) is 0.600. The molecule has 1 heterocycles. The van der Waals surface area contributed by atoms with Gasteiger partial charge in [-0.1, -0.05) is 13.3 Å². The molecular weight excluding hydrogens is 224 g/mol. The highest BCUT2D eigenvalue weighted by Gasteiger charge is 2.15. The first-order valence-corrected chi connectivity index (χ1v) is 6.08. The summed E-state index contributed by atoms with van der Waals surface area (Å²) in [4.78, 5) is 13.0. The maximum atomic E-state index is 11.0. The van der Waals surface area contributed by atoms with E-state index in [2.05, 4.69) is 11.3 Å². The van der Waals surface area contributed by atoms with Gasteiger partial charge in [0, 0.05) is 12.1 Å². The summed E-state index contributed by atoms with van der Waals surface area (Å²) in [5.41, 5.74) is 11.9. The zero-order valence-corrected chi connectivity index (χ0v) is 10.5. The van der Waals surface area contributed by atoms with E-state index in [0.29, 0.717) is 5.82 Å². The Bertz CT molecular complexity index is 364. The van der Waals surface area contributed by atoms with Gasteiger partial charge in [-0.25, -0.2) is 0 Å². The number of hydrogen-bond acceptors (Lipinski definition) is 5. The van der Waals surface area contributed by atoms with Crippen molar-refractivity contribution >= 4 is 28.3 Å². The standard InChI is InChI=1S/C10H18N4OS/c1-3-4-5-14(6-8(11)15)10-7(2)9(12)13-16-10/h3-6H2,1-2H3,(H2,11,15)(H2,12,13). The molecule has 0 fully saturated rings. The molecule has 0 aliphatic carbocycles. The molecule has 0 unspecified atom stereocenters. The Morgan fingerprint density at radius 1 is 1.56 bits per heavy atom. The Morgan fingerprint density at radius 2 is 2.25 bits per heavy atom. The second-order valence-electron chi connectivity index (χ2n) is 3.74. The molecule has 4 N–H and O–H groups in total. The number of unbranched alkanes of at least 4 members (excludes halogenated alkanes) is 1. The van der Waals surface area contributed by atoms with Crippen LogP contribution in [0.15, 0.2) is 0 Å². The van der Waals surface area contributed by atoms with E-state index in [1.54, 1.807) is 0 Å². The first-order valence-electron chi connectivity index (χ1n) is 5.31. The van der Waals surface area contributed by atoms with E-state index in [4.69, 9.17) is 11.5 Å². The van der Waals surface area contributed by atoms with Crippen LogP contribution in [0.3, 0.4) is 0 Å². The number of aromatic nitrogens is 1. The van der Waals surface area contributed by atoms with E-state index in [1.165, 1.54) is 11.5 Å². The number of hydrogen-bond donors (Lipinski definition) is 2. The van der Waals surface area contributed by atoms with Crippen molar-refractivity contribution in [3.05, 3.63) is 5.56 Å². The van der Waals surface area contributed by atoms with Crippen LogP contribution in [-0.2, 0) is 4.79 Å². The van der Waals surface area contributed by atoms with E-state index >= 15 is 0 Å². The average molecular weight is 242 g/mol. The van der Waals surface area contributed by atoms with Gasteiger partial charge in [-0.3, -0.25) is 4.79 Å². The summed E-state index contributed by atoms with van der Waals surface area (Å²) in [6, 6.07) is 0. The van der Waals surface area contributed by atoms with Gasteiger partial charge in [0.1, 0.15) is 10.8 Å². The number of anilines is 2. The molecule has 90 valence electrons. The molecule has 1 aromatic heterocycles. The monoisotopic (exact) mass is 242 g/mol. The fourth-order valence-electron chi connectivity index (χ4n) is 1.42. The van der Waals surface area contributed by atoms with Crippen molar-refractivity contribution in [1.82, 2.24) is 4.37 Å². The Kier molecular flexibility index (Phi) is 4.54. The number of primary amides is 1. The van der Waals surface area contributed by atoms with Crippen molar-refractivity contribution in [2.75, 3.05) is 23.7 Å². The Hall–Kier alpha value is -1.30. The summed E-state index contributed by atoms with van der Waals surface area (Å²) in [5.74, 6) is 0.202. The smallest absolute Gasteiger partial charge is 0.236 e. The minimum absolute atomic E-state index is 0.225. The second kappa shape index (κ2) is 5.69. The minimum Gasteiger partial charge on any atom is -0.383 e. The first-order chi connectivity index (χ1) is 7.56. The number of nitrogens with two attached hydrogens (primary N) is 2. The molecule has 0 bridgehead atoms. The Labute approximate surface area is 99.6 Å². The molecule has 1 aromatic rings. The molecule has 0 aliphatic heterocycles. The normalized spacial score (nSPS) is 10.4. The molecule has 16 heavy (non-hydrogen) atoms. The van der Waals surface area contributed by atoms with Crippen molar-refractivity contribution in [3.8, 4) is 0 Å². The highest BCUT2D eigenvalue weighted by molar-refractivity contribution is 7.10. The lowest BCUT2D eigenvalue weighted by molar-refractivity contribution is -0.116. The lowest BCUT2D eigenvalue weighted by atomic mass is 10.3. The molecule has 0 spiro atoms. The zero-order chi connectivity index (χ0) is 12.1. The van der Waals surface area contributed by atoms with Gasteiger partial charge in [0.2, 0.25) is 5.91 Å². The van der Waals surface area contributed by atoms with Crippen LogP contribution in [0.4, 0.5) is 10.8 Å². The summed E-state index contributed by atoms with van der Waals surface area (Å²) in [6.07, 6.45) is 2.09. The summed E-state index contributed by atoms with van der Waals surface area (Å²) in [6.45, 7) is 5.05. The quantitative estimate of drug-likeness (QED) is 0.783. The van der Waals surface area contributed by atoms with Gasteiger partial charge in [-0.05, 0) is 24.9 Å². The average Bonchev–Trinajstić information content (AvgIpc) is 2.54. The largest absolute Gasteiger partial charge is 0.383 e. The highest BCUT2D eigenvalue weighted by atomic mass is 32.1. The third kappa shape index (κ3) is 3.10. The third-order valence-electron chi connectivity index (χ3n) is 2.35. The van der Waals surface area contributed by atoms with Gasteiger partial charge < -0.3 is 16.4 Å². The molecule has 0 aromatic carbocycles. The molecule has 0 radical (unpaired) electrons. The van der Waals surface area contributed by atoms with Crippen LogP contribution in [0.5, 0.6) is 0 Å². The molecule has 0 atom stereocenters. The first kappa shape index (κ1) is 12.8. The maximum absolute atomic E-state index is 11.0. The van der Waals surface area contributed by atoms with Crippen LogP contribution in [0.1, 0.15) is 25.3 Å². The highest BCUT2D eigenvalue weighted by Crippen LogP contribution is 2.29. The molecule has 0 saturated heterocycles. The van der Waals surface area contributed by atoms with Gasteiger partial charge in [0.15, 0.2) is 0 Å². The molecule has 0 aliphatic rings. The summed E-state index contributed by atoms with van der Waals surface area (Å²) in [7, 11) is 0. The van der Waals surface area contributed by atoms with Gasteiger partial charge in [0.25, 0.3) is 0 Å². The molecule has 5 nitrogen and oxygen atoms in total. The molecular formula is C10H18N4OS. The lowest BCUT2D eigenvalue weighted by Crippen LogP contribution is -2.34. The van der Waals surface area contributed by atoms with E-state index in [1.807, 2.05) is 11.8 Å². The molecule has 0 saturated carbocycles. The topological polar surface area (TPSA) is 85.2 Å². The van der Waals surface area contributed by atoms with Crippen LogP contribution in [0.2, 0.25) is 0 Å². The SMILES string of the molecule is CCCCN(CC(N)=O)c1snc(N)c1C. The Balaban J connectivity index is 2.82. The van der Waals surface area contributed by atoms with Crippen molar-refractivity contribution in [3.63, 3.8) is 0 Å². The maximum Gasteiger partial charge on any atom is 0.236 e. The number of nitrogen functional groups attached to an aromatic ring is 1. The fourth-order valence-corrected chi connectivity index (χ4v) is 2.26. The van der Waals surface area contributed by atoms with Crippen LogP contribution < -0.4 is 16.4 Å². The second-order valence-corrected chi connectivity index (χ2v) is 4.49. The van der Waals surface area contributed by atoms with Crippen molar-refractivity contribution in [2.45, 2.75) is 26.7 Å². The van der Waals surface area contributed by atoms with Crippen LogP contribution >= 0.6 is 11.5 Å². The minimum atomic E-state index is -0.331. The predicted molar refractivity (Wildman–Crippen MR) is 67.6 cm³/mol. The predicted octanol–water partition coefficient (Wildman–Crippen LogP) is 1.13. The van der Waals surface area contributed by atoms with Crippen LogP contribution in [-0.4, -0.2) is 23.4 Å². The number of carbonyl (C=O) groups is 1. The van der Waals surface area contributed by atoms with Gasteiger partial charge in [-0.2, -0.15) is 4.37 Å². The molecule has 6 heteroatoms. The summed E-state index contributed by atoms with van der Waals surface area (Å²) >= 11 is 1.32. The van der Waals surface area contributed by atoms with Crippen molar-refractivity contribution < 1.29 is 4.79 Å². The van der Waals surface area contributed by atoms with Gasteiger partial charge >= 0.3 is 0 Å². The number of nitrogens with zero attached hydrogens (tertiary/aromatic N) is 2. The Morgan fingerprint density at radius 3 is 2.69 bits per heavy atom. The van der Waals surface area contributed by atoms with Gasteiger partial charge in [-0.15, -0.1) is 0 Å². The summed E-state index contributed by atoms with van der Waals surface area (Å²) in [5, 5.41) is 0.949. The van der Waals surface area contributed by atoms with E-state index < -0.39 is 0 Å². The van der Waals surface area contributed by atoms with E-state index in [0.717, 1.165) is 30.0 Å². The van der Waals surface area contributed by atoms with Crippen molar-refractivity contribution in [1.29, 1.82) is 0 Å². The van der Waals surface area contributed by atoms with Crippen molar-refractivity contribution in [2.24, 2.45) is 5.73 Å². The molecule has 1 rings (SSSR count). The number of carbonyl (C=O) groups excluding carboxylic acids is 1. The van der Waals surface area contributed by atoms with E-state index in [-0.39, 0.29) is 12.5 Å². The number of amides is 1. The van der Waals surface area contributed by atoms with Crippen LogP contribution in [0, 0.1) is 6.92 Å². The number of rotatable bonds is 6. The lowest BCUT2D eigenvalue weighted by Gasteiger charge is -2.21. The van der Waals surface area contributed by atoms with E-state index in [9.17, 15) is 4.79 Å². The summed E-state index contributed by atoms with van der Waals surface area (Å²) < 4.78 is 4.08. The molecule has 1 amide bonds. The zero-order valence-electron chi connectivity index (χ0n) is 9.69. The van der Waals surface area contributed by atoms with Gasteiger partial charge in [0.05, 0.1) is 6.54 Å².